The molecule has 2 N–H and O–H groups in total. The fourth-order valence-corrected chi connectivity index (χ4v) is 2.64. The molecule has 0 aliphatic carbocycles. The molecule has 0 amide bonds. The van der Waals surface area contributed by atoms with Crippen molar-refractivity contribution in [2.45, 2.75) is 19.5 Å². The van der Waals surface area contributed by atoms with E-state index in [1.54, 1.807) is 0 Å². The van der Waals surface area contributed by atoms with Gasteiger partial charge in [0.2, 0.25) is 0 Å². The van der Waals surface area contributed by atoms with Crippen LogP contribution in [-0.4, -0.2) is 30.0 Å². The molecule has 4 heteroatoms. The van der Waals surface area contributed by atoms with Crippen LogP contribution in [0.1, 0.15) is 12.5 Å². The average Bonchev–Trinajstić information content (AvgIpc) is 2.25. The fourth-order valence-electron chi connectivity index (χ4n) is 1.51. The molecule has 0 aromatic heterocycles. The summed E-state index contributed by atoms with van der Waals surface area (Å²) >= 11 is 5.42. The minimum atomic E-state index is 0.573. The summed E-state index contributed by atoms with van der Waals surface area (Å²) in [4.78, 5) is 2.34. The molecule has 90 valence electrons. The van der Waals surface area contributed by atoms with Crippen molar-refractivity contribution < 1.29 is 0 Å². The first kappa shape index (κ1) is 13.9. The van der Waals surface area contributed by atoms with Crippen LogP contribution < -0.4 is 5.73 Å². The molecule has 1 unspecified atom stereocenters. The summed E-state index contributed by atoms with van der Waals surface area (Å²) in [5, 5.41) is 0. The van der Waals surface area contributed by atoms with Crippen LogP contribution in [-0.2, 0) is 6.54 Å². The molecule has 0 saturated heterocycles. The normalized spacial score (nSPS) is 13.1. The Morgan fingerprint density at radius 1 is 1.50 bits per heavy atom. The average molecular weight is 303 g/mol. The maximum atomic E-state index is 5.86. The molecular formula is C12H19BrN2S. The largest absolute Gasteiger partial charge is 0.398 e. The molecule has 0 saturated carbocycles. The van der Waals surface area contributed by atoms with Crippen molar-refractivity contribution in [3.63, 3.8) is 0 Å². The van der Waals surface area contributed by atoms with E-state index in [1.807, 2.05) is 23.9 Å². The Bertz CT molecular complexity index is 344. The molecule has 1 aromatic carbocycles. The van der Waals surface area contributed by atoms with Crippen molar-refractivity contribution >= 4 is 33.4 Å². The zero-order chi connectivity index (χ0) is 12.1. The molecule has 0 spiro atoms. The third-order valence-electron chi connectivity index (χ3n) is 2.69. The molecule has 1 atom stereocenters. The first-order chi connectivity index (χ1) is 7.56. The molecule has 0 aliphatic rings. The SMILES string of the molecule is CSCC(C)N(C)Cc1cccc(N)c1Br. The fraction of sp³-hybridized carbons (Fsp3) is 0.500. The molecule has 0 bridgehead atoms. The minimum Gasteiger partial charge on any atom is -0.398 e. The van der Waals surface area contributed by atoms with Gasteiger partial charge in [-0.2, -0.15) is 11.8 Å². The lowest BCUT2D eigenvalue weighted by molar-refractivity contribution is 0.269. The number of anilines is 1. The number of thioether (sulfide) groups is 1. The molecule has 1 rings (SSSR count). The molecular weight excluding hydrogens is 284 g/mol. The number of hydrogen-bond acceptors (Lipinski definition) is 3. The van der Waals surface area contributed by atoms with Crippen molar-refractivity contribution in [2.24, 2.45) is 0 Å². The number of nitrogens with zero attached hydrogens (tertiary/aromatic N) is 1. The Hall–Kier alpha value is -0.190. The molecule has 0 aliphatic heterocycles. The predicted molar refractivity (Wildman–Crippen MR) is 77.9 cm³/mol. The van der Waals surface area contributed by atoms with Crippen LogP contribution >= 0.6 is 27.7 Å². The van der Waals surface area contributed by atoms with Crippen LogP contribution in [0.15, 0.2) is 22.7 Å². The van der Waals surface area contributed by atoms with Gasteiger partial charge in [0, 0.05) is 28.5 Å². The van der Waals surface area contributed by atoms with E-state index in [-0.39, 0.29) is 0 Å². The number of nitrogens with two attached hydrogens (primary N) is 1. The van der Waals surface area contributed by atoms with E-state index in [0.717, 1.165) is 22.5 Å². The lowest BCUT2D eigenvalue weighted by Crippen LogP contribution is -2.30. The highest BCUT2D eigenvalue weighted by Crippen LogP contribution is 2.25. The van der Waals surface area contributed by atoms with Gasteiger partial charge in [-0.1, -0.05) is 12.1 Å². The van der Waals surface area contributed by atoms with Gasteiger partial charge in [-0.15, -0.1) is 0 Å². The predicted octanol–water partition coefficient (Wildman–Crippen LogP) is 3.21. The van der Waals surface area contributed by atoms with Gasteiger partial charge in [-0.25, -0.2) is 0 Å². The van der Waals surface area contributed by atoms with Crippen molar-refractivity contribution in [1.82, 2.24) is 4.90 Å². The van der Waals surface area contributed by atoms with Crippen molar-refractivity contribution in [3.05, 3.63) is 28.2 Å². The number of halogens is 1. The van der Waals surface area contributed by atoms with Crippen LogP contribution in [0.25, 0.3) is 0 Å². The summed E-state index contributed by atoms with van der Waals surface area (Å²) in [5.41, 5.74) is 7.92. The maximum Gasteiger partial charge on any atom is 0.0461 e. The zero-order valence-electron chi connectivity index (χ0n) is 10.0. The summed E-state index contributed by atoms with van der Waals surface area (Å²) in [7, 11) is 2.15. The van der Waals surface area contributed by atoms with E-state index < -0.39 is 0 Å². The number of nitrogen functional groups attached to an aromatic ring is 1. The van der Waals surface area contributed by atoms with E-state index in [1.165, 1.54) is 5.56 Å². The second kappa shape index (κ2) is 6.52. The van der Waals surface area contributed by atoms with Crippen molar-refractivity contribution in [2.75, 3.05) is 24.8 Å². The highest BCUT2D eigenvalue weighted by Gasteiger charge is 2.11. The first-order valence-electron chi connectivity index (χ1n) is 5.28. The van der Waals surface area contributed by atoms with Crippen LogP contribution in [0.5, 0.6) is 0 Å². The van der Waals surface area contributed by atoms with E-state index in [4.69, 9.17) is 5.73 Å². The monoisotopic (exact) mass is 302 g/mol. The van der Waals surface area contributed by atoms with Crippen molar-refractivity contribution in [3.8, 4) is 0 Å². The van der Waals surface area contributed by atoms with Gasteiger partial charge in [-0.05, 0) is 47.8 Å². The first-order valence-corrected chi connectivity index (χ1v) is 7.47. The quantitative estimate of drug-likeness (QED) is 0.847. The van der Waals surface area contributed by atoms with Gasteiger partial charge in [0.1, 0.15) is 0 Å². The smallest absolute Gasteiger partial charge is 0.0461 e. The summed E-state index contributed by atoms with van der Waals surface area (Å²) in [5.74, 6) is 1.15. The zero-order valence-corrected chi connectivity index (χ0v) is 12.4. The second-order valence-electron chi connectivity index (χ2n) is 4.04. The van der Waals surface area contributed by atoms with Crippen molar-refractivity contribution in [1.29, 1.82) is 0 Å². The summed E-state index contributed by atoms with van der Waals surface area (Å²) in [6.07, 6.45) is 2.14. The van der Waals surface area contributed by atoms with E-state index >= 15 is 0 Å². The highest BCUT2D eigenvalue weighted by molar-refractivity contribution is 9.10. The molecule has 16 heavy (non-hydrogen) atoms. The van der Waals surface area contributed by atoms with Crippen LogP contribution in [0.2, 0.25) is 0 Å². The van der Waals surface area contributed by atoms with Crippen LogP contribution in [0.3, 0.4) is 0 Å². The highest BCUT2D eigenvalue weighted by atomic mass is 79.9. The number of hydrogen-bond donors (Lipinski definition) is 1. The Balaban J connectivity index is 2.69. The lowest BCUT2D eigenvalue weighted by atomic mass is 10.2. The molecule has 0 heterocycles. The number of rotatable bonds is 5. The van der Waals surface area contributed by atoms with E-state index in [0.29, 0.717) is 6.04 Å². The third-order valence-corrected chi connectivity index (χ3v) is 4.47. The third kappa shape index (κ3) is 3.68. The Kier molecular flexibility index (Phi) is 5.66. The summed E-state index contributed by atoms with van der Waals surface area (Å²) < 4.78 is 1.03. The Morgan fingerprint density at radius 2 is 2.19 bits per heavy atom. The molecule has 0 radical (unpaired) electrons. The topological polar surface area (TPSA) is 29.3 Å². The molecule has 1 aromatic rings. The number of benzene rings is 1. The van der Waals surface area contributed by atoms with Gasteiger partial charge in [0.25, 0.3) is 0 Å². The Morgan fingerprint density at radius 3 is 2.81 bits per heavy atom. The van der Waals surface area contributed by atoms with Gasteiger partial charge in [-0.3, -0.25) is 4.90 Å². The van der Waals surface area contributed by atoms with Gasteiger partial charge in [0.05, 0.1) is 0 Å². The Labute approximate surface area is 111 Å². The van der Waals surface area contributed by atoms with E-state index in [9.17, 15) is 0 Å². The molecule has 2 nitrogen and oxygen atoms in total. The lowest BCUT2D eigenvalue weighted by Gasteiger charge is -2.24. The minimum absolute atomic E-state index is 0.573. The maximum absolute atomic E-state index is 5.86. The second-order valence-corrected chi connectivity index (χ2v) is 5.74. The van der Waals surface area contributed by atoms with Crippen LogP contribution in [0.4, 0.5) is 5.69 Å². The van der Waals surface area contributed by atoms with E-state index in [2.05, 4.69) is 47.1 Å². The molecule has 0 fully saturated rings. The van der Waals surface area contributed by atoms with Crippen LogP contribution in [0, 0.1) is 0 Å². The summed E-state index contributed by atoms with van der Waals surface area (Å²) in [6.45, 7) is 3.17. The van der Waals surface area contributed by atoms with Gasteiger partial charge >= 0.3 is 0 Å². The standard InChI is InChI=1S/C12H19BrN2S/c1-9(8-16-3)15(2)7-10-5-4-6-11(14)12(10)13/h4-6,9H,7-8,14H2,1-3H3. The van der Waals surface area contributed by atoms with Gasteiger partial charge in [0.15, 0.2) is 0 Å². The summed E-state index contributed by atoms with van der Waals surface area (Å²) in [6, 6.07) is 6.60. The van der Waals surface area contributed by atoms with Gasteiger partial charge < -0.3 is 5.73 Å².